The standard InChI is InChI=1S/C22H25ClN2O3/c1-26-19-11-16-13-22(6-8-28-9-7-22)21(25-18(16)12-20(19)27-2)24-14-15-4-3-5-17(23)10-15/h3-5,10-12H,6-9,13-14H2,1-2H3,(H,24,25). The molecule has 1 N–H and O–H groups in total. The fraction of sp³-hybridized carbons (Fsp3) is 0.409. The predicted molar refractivity (Wildman–Crippen MR) is 112 cm³/mol. The van der Waals surface area contributed by atoms with Gasteiger partial charge in [-0.1, -0.05) is 23.7 Å². The highest BCUT2D eigenvalue weighted by Gasteiger charge is 2.42. The van der Waals surface area contributed by atoms with Gasteiger partial charge in [0.25, 0.3) is 0 Å². The molecule has 148 valence electrons. The lowest BCUT2D eigenvalue weighted by atomic mass is 9.71. The van der Waals surface area contributed by atoms with Crippen molar-refractivity contribution in [3.63, 3.8) is 0 Å². The monoisotopic (exact) mass is 400 g/mol. The van der Waals surface area contributed by atoms with E-state index in [1.807, 2.05) is 24.3 Å². The van der Waals surface area contributed by atoms with Crippen molar-refractivity contribution < 1.29 is 14.2 Å². The van der Waals surface area contributed by atoms with Crippen LogP contribution < -0.4 is 14.8 Å². The molecule has 6 heteroatoms. The molecule has 0 aromatic heterocycles. The van der Waals surface area contributed by atoms with Crippen LogP contribution in [0.25, 0.3) is 0 Å². The van der Waals surface area contributed by atoms with Crippen LogP contribution in [0.5, 0.6) is 11.5 Å². The Bertz CT molecular complexity index is 891. The summed E-state index contributed by atoms with van der Waals surface area (Å²) in [5.74, 6) is 2.49. The Morgan fingerprint density at radius 2 is 1.86 bits per heavy atom. The molecule has 2 aromatic carbocycles. The minimum atomic E-state index is -0.0383. The zero-order chi connectivity index (χ0) is 19.6. The molecule has 28 heavy (non-hydrogen) atoms. The molecular weight excluding hydrogens is 376 g/mol. The van der Waals surface area contributed by atoms with Crippen LogP contribution in [0.15, 0.2) is 41.4 Å². The van der Waals surface area contributed by atoms with Crippen LogP contribution in [0.2, 0.25) is 5.02 Å². The molecule has 0 atom stereocenters. The lowest BCUT2D eigenvalue weighted by molar-refractivity contribution is 0.0448. The predicted octanol–water partition coefficient (Wildman–Crippen LogP) is 4.72. The number of hydrogen-bond acceptors (Lipinski definition) is 4. The third-order valence-electron chi connectivity index (χ3n) is 5.65. The topological polar surface area (TPSA) is 52.1 Å². The summed E-state index contributed by atoms with van der Waals surface area (Å²) in [7, 11) is 3.32. The van der Waals surface area contributed by atoms with E-state index in [-0.39, 0.29) is 5.41 Å². The first-order valence-electron chi connectivity index (χ1n) is 9.52. The van der Waals surface area contributed by atoms with Crippen LogP contribution in [-0.4, -0.2) is 33.3 Å². The molecular formula is C22H25ClN2O3. The summed E-state index contributed by atoms with van der Waals surface area (Å²) < 4.78 is 16.6. The normalized spacial score (nSPS) is 19.2. The number of benzene rings is 2. The molecule has 0 bridgehead atoms. The molecule has 4 rings (SSSR count). The number of amidine groups is 1. The van der Waals surface area contributed by atoms with Gasteiger partial charge in [0.05, 0.1) is 20.8 Å². The van der Waals surface area contributed by atoms with Crippen molar-refractivity contribution in [1.82, 2.24) is 0 Å². The fourth-order valence-corrected chi connectivity index (χ4v) is 4.29. The number of nitrogens with one attached hydrogen (secondary N) is 1. The summed E-state index contributed by atoms with van der Waals surface area (Å²) in [6.07, 6.45) is 2.80. The van der Waals surface area contributed by atoms with Crippen molar-refractivity contribution in [1.29, 1.82) is 0 Å². The molecule has 2 aliphatic heterocycles. The molecule has 2 aromatic rings. The van der Waals surface area contributed by atoms with Crippen molar-refractivity contribution in [3.8, 4) is 11.5 Å². The van der Waals surface area contributed by atoms with Gasteiger partial charge in [-0.2, -0.15) is 0 Å². The maximum absolute atomic E-state index is 6.13. The summed E-state index contributed by atoms with van der Waals surface area (Å²) in [6.45, 7) is 2.09. The van der Waals surface area contributed by atoms with Crippen molar-refractivity contribution in [3.05, 3.63) is 52.5 Å². The van der Waals surface area contributed by atoms with Crippen LogP contribution in [0.3, 0.4) is 0 Å². The van der Waals surface area contributed by atoms with Gasteiger partial charge in [0, 0.05) is 35.4 Å². The quantitative estimate of drug-likeness (QED) is 0.806. The van der Waals surface area contributed by atoms with E-state index in [2.05, 4.69) is 17.4 Å². The van der Waals surface area contributed by atoms with Crippen molar-refractivity contribution in [2.75, 3.05) is 32.8 Å². The molecule has 0 aliphatic carbocycles. The van der Waals surface area contributed by atoms with E-state index in [9.17, 15) is 0 Å². The van der Waals surface area contributed by atoms with Gasteiger partial charge in [-0.3, -0.25) is 4.99 Å². The number of halogens is 1. The molecule has 0 saturated carbocycles. The Kier molecular flexibility index (Phi) is 5.47. The van der Waals surface area contributed by atoms with Gasteiger partial charge in [-0.05, 0) is 48.6 Å². The van der Waals surface area contributed by atoms with Crippen LogP contribution in [0.1, 0.15) is 24.0 Å². The highest BCUT2D eigenvalue weighted by atomic mass is 35.5. The molecule has 1 saturated heterocycles. The smallest absolute Gasteiger partial charge is 0.162 e. The summed E-state index contributed by atoms with van der Waals surface area (Å²) in [5, 5.41) is 4.33. The average Bonchev–Trinajstić information content (AvgIpc) is 2.72. The molecule has 5 nitrogen and oxygen atoms in total. The first-order chi connectivity index (χ1) is 13.6. The summed E-state index contributed by atoms with van der Waals surface area (Å²) in [6, 6.07) is 11.9. The maximum Gasteiger partial charge on any atom is 0.162 e. The second kappa shape index (κ2) is 8.02. The molecule has 0 amide bonds. The molecule has 2 aliphatic rings. The van der Waals surface area contributed by atoms with Gasteiger partial charge in [-0.25, -0.2) is 0 Å². The lowest BCUT2D eigenvalue weighted by Gasteiger charge is -2.42. The number of ether oxygens (including phenoxy) is 3. The maximum atomic E-state index is 6.13. The van der Waals surface area contributed by atoms with E-state index >= 15 is 0 Å². The number of aliphatic imine (C=N–C) groups is 1. The first-order valence-corrected chi connectivity index (χ1v) is 9.90. The SMILES string of the molecule is COc1cc2c(cc1OC)NC(=NCc1cccc(Cl)c1)C1(CCOCC1)C2. The summed E-state index contributed by atoms with van der Waals surface area (Å²) in [4.78, 5) is 4.99. The van der Waals surface area contributed by atoms with Gasteiger partial charge in [0.1, 0.15) is 5.84 Å². The van der Waals surface area contributed by atoms with Crippen molar-refractivity contribution >= 4 is 23.1 Å². The van der Waals surface area contributed by atoms with Gasteiger partial charge in [0.2, 0.25) is 0 Å². The fourth-order valence-electron chi connectivity index (χ4n) is 4.08. The zero-order valence-electron chi connectivity index (χ0n) is 16.3. The van der Waals surface area contributed by atoms with Gasteiger partial charge in [-0.15, -0.1) is 0 Å². The van der Waals surface area contributed by atoms with E-state index < -0.39 is 0 Å². The van der Waals surface area contributed by atoms with E-state index in [0.717, 1.165) is 60.3 Å². The Balaban J connectivity index is 1.70. The van der Waals surface area contributed by atoms with Crippen LogP contribution in [0, 0.1) is 5.41 Å². The van der Waals surface area contributed by atoms with Gasteiger partial charge in [0.15, 0.2) is 11.5 Å². The second-order valence-corrected chi connectivity index (χ2v) is 7.79. The molecule has 0 unspecified atom stereocenters. The number of fused-ring (bicyclic) bond motifs is 1. The zero-order valence-corrected chi connectivity index (χ0v) is 17.0. The van der Waals surface area contributed by atoms with Crippen LogP contribution >= 0.6 is 11.6 Å². The summed E-state index contributed by atoms with van der Waals surface area (Å²) in [5.41, 5.74) is 3.31. The van der Waals surface area contributed by atoms with Gasteiger partial charge < -0.3 is 19.5 Å². The largest absolute Gasteiger partial charge is 0.493 e. The second-order valence-electron chi connectivity index (χ2n) is 7.35. The van der Waals surface area contributed by atoms with Crippen LogP contribution in [-0.2, 0) is 17.7 Å². The number of methoxy groups -OCH3 is 2. The Morgan fingerprint density at radius 3 is 2.57 bits per heavy atom. The Morgan fingerprint density at radius 1 is 1.11 bits per heavy atom. The van der Waals surface area contributed by atoms with E-state index in [0.29, 0.717) is 12.3 Å². The summed E-state index contributed by atoms with van der Waals surface area (Å²) >= 11 is 6.13. The van der Waals surface area contributed by atoms with E-state index in [4.69, 9.17) is 30.8 Å². The molecule has 1 spiro atoms. The first kappa shape index (κ1) is 19.1. The number of hydrogen-bond donors (Lipinski definition) is 1. The number of nitrogens with zero attached hydrogens (tertiary/aromatic N) is 1. The number of rotatable bonds is 4. The van der Waals surface area contributed by atoms with E-state index in [1.165, 1.54) is 5.56 Å². The van der Waals surface area contributed by atoms with Crippen molar-refractivity contribution in [2.24, 2.45) is 10.4 Å². The van der Waals surface area contributed by atoms with E-state index in [1.54, 1.807) is 14.2 Å². The minimum absolute atomic E-state index is 0.0383. The highest BCUT2D eigenvalue weighted by Crippen LogP contribution is 2.45. The molecule has 0 radical (unpaired) electrons. The molecule has 2 heterocycles. The lowest BCUT2D eigenvalue weighted by Crippen LogP contribution is -2.45. The molecule has 1 fully saturated rings. The average molecular weight is 401 g/mol. The Hall–Kier alpha value is -2.24. The van der Waals surface area contributed by atoms with Crippen molar-refractivity contribution in [2.45, 2.75) is 25.8 Å². The highest BCUT2D eigenvalue weighted by molar-refractivity contribution is 6.30. The number of anilines is 1. The minimum Gasteiger partial charge on any atom is -0.493 e. The third-order valence-corrected chi connectivity index (χ3v) is 5.89. The van der Waals surface area contributed by atoms with Gasteiger partial charge >= 0.3 is 0 Å². The van der Waals surface area contributed by atoms with Crippen LogP contribution in [0.4, 0.5) is 5.69 Å². The Labute approximate surface area is 170 Å². The third kappa shape index (κ3) is 3.69.